The molecule has 0 aromatic heterocycles. The summed E-state index contributed by atoms with van der Waals surface area (Å²) in [6.45, 7) is 8.18. The highest BCUT2D eigenvalue weighted by Gasteiger charge is 2.26. The molecule has 1 nitrogen and oxygen atoms in total. The minimum Gasteiger partial charge on any atom is -0.393 e. The molecule has 1 N–H and O–H groups in total. The van der Waals surface area contributed by atoms with Crippen LogP contribution in [0.4, 0.5) is 0 Å². The van der Waals surface area contributed by atoms with Gasteiger partial charge in [0.05, 0.1) is 6.10 Å². The van der Waals surface area contributed by atoms with Crippen LogP contribution in [-0.4, -0.2) is 11.2 Å². The first-order valence-electron chi connectivity index (χ1n) is 4.44. The third-order valence-electron chi connectivity index (χ3n) is 2.71. The van der Waals surface area contributed by atoms with E-state index in [1.165, 1.54) is 6.42 Å². The van der Waals surface area contributed by atoms with Gasteiger partial charge in [-0.05, 0) is 32.1 Å². The number of hydrogen-bond donors (Lipinski definition) is 1. The molecule has 0 saturated heterocycles. The molecule has 64 valence electrons. The zero-order valence-corrected chi connectivity index (χ0v) is 7.51. The van der Waals surface area contributed by atoms with Crippen LogP contribution in [0.25, 0.3) is 0 Å². The van der Waals surface area contributed by atoms with Crippen molar-refractivity contribution in [1.29, 1.82) is 0 Å². The maximum Gasteiger partial charge on any atom is 0.0605 e. The van der Waals surface area contributed by atoms with E-state index in [2.05, 4.69) is 13.5 Å². The average Bonchev–Trinajstić information content (AvgIpc) is 1.94. The van der Waals surface area contributed by atoms with Crippen LogP contribution in [0.15, 0.2) is 12.2 Å². The van der Waals surface area contributed by atoms with E-state index < -0.39 is 0 Å². The maximum absolute atomic E-state index is 9.60. The minimum atomic E-state index is -0.122. The molecule has 0 amide bonds. The summed E-state index contributed by atoms with van der Waals surface area (Å²) in [7, 11) is 0. The monoisotopic (exact) mass is 154 g/mol. The number of hydrogen-bond acceptors (Lipinski definition) is 1. The highest BCUT2D eigenvalue weighted by Crippen LogP contribution is 2.32. The standard InChI is InChI=1S/C10H18O/c1-7(2)9-6-8(3)4-5-10(9)11/h8-11H,1,4-6H2,2-3H3/t8-,9-,10+/m1/s1. The largest absolute Gasteiger partial charge is 0.393 e. The van der Waals surface area contributed by atoms with Gasteiger partial charge in [0.2, 0.25) is 0 Å². The Bertz CT molecular complexity index is 151. The van der Waals surface area contributed by atoms with Crippen LogP contribution in [0.2, 0.25) is 0 Å². The van der Waals surface area contributed by atoms with Crippen LogP contribution in [0, 0.1) is 11.8 Å². The van der Waals surface area contributed by atoms with Crippen molar-refractivity contribution in [3.63, 3.8) is 0 Å². The Hall–Kier alpha value is -0.300. The van der Waals surface area contributed by atoms with Crippen LogP contribution in [0.5, 0.6) is 0 Å². The van der Waals surface area contributed by atoms with Gasteiger partial charge in [0.15, 0.2) is 0 Å². The van der Waals surface area contributed by atoms with Gasteiger partial charge in [-0.3, -0.25) is 0 Å². The van der Waals surface area contributed by atoms with Crippen molar-refractivity contribution < 1.29 is 5.11 Å². The predicted molar refractivity (Wildman–Crippen MR) is 47.3 cm³/mol. The Morgan fingerprint density at radius 3 is 2.55 bits per heavy atom. The number of aliphatic hydroxyl groups excluding tert-OH is 1. The van der Waals surface area contributed by atoms with Gasteiger partial charge in [-0.25, -0.2) is 0 Å². The highest BCUT2D eigenvalue weighted by molar-refractivity contribution is 5.01. The summed E-state index contributed by atoms with van der Waals surface area (Å²) < 4.78 is 0. The van der Waals surface area contributed by atoms with E-state index in [0.29, 0.717) is 5.92 Å². The molecule has 3 atom stereocenters. The van der Waals surface area contributed by atoms with E-state index in [9.17, 15) is 5.11 Å². The molecule has 0 spiro atoms. The highest BCUT2D eigenvalue weighted by atomic mass is 16.3. The summed E-state index contributed by atoms with van der Waals surface area (Å²) in [5.41, 5.74) is 1.14. The topological polar surface area (TPSA) is 20.2 Å². The fourth-order valence-corrected chi connectivity index (χ4v) is 1.89. The molecule has 1 saturated carbocycles. The molecule has 0 aromatic rings. The molecule has 0 bridgehead atoms. The lowest BCUT2D eigenvalue weighted by molar-refractivity contribution is 0.0694. The summed E-state index contributed by atoms with van der Waals surface area (Å²) in [6.07, 6.45) is 3.13. The molecule has 0 aromatic carbocycles. The molecule has 0 unspecified atom stereocenters. The molecule has 11 heavy (non-hydrogen) atoms. The van der Waals surface area contributed by atoms with E-state index in [1.807, 2.05) is 6.92 Å². The molecule has 0 heterocycles. The van der Waals surface area contributed by atoms with Crippen molar-refractivity contribution in [2.75, 3.05) is 0 Å². The van der Waals surface area contributed by atoms with Gasteiger partial charge < -0.3 is 5.11 Å². The summed E-state index contributed by atoms with van der Waals surface area (Å²) in [4.78, 5) is 0. The van der Waals surface area contributed by atoms with Gasteiger partial charge in [-0.15, -0.1) is 0 Å². The minimum absolute atomic E-state index is 0.122. The van der Waals surface area contributed by atoms with Crippen LogP contribution in [0.3, 0.4) is 0 Å². The van der Waals surface area contributed by atoms with Gasteiger partial charge in [0.25, 0.3) is 0 Å². The molecule has 0 radical (unpaired) electrons. The Morgan fingerprint density at radius 1 is 1.45 bits per heavy atom. The van der Waals surface area contributed by atoms with E-state index >= 15 is 0 Å². The smallest absolute Gasteiger partial charge is 0.0605 e. The number of aliphatic hydroxyl groups is 1. The molecule has 1 rings (SSSR count). The summed E-state index contributed by atoms with van der Waals surface area (Å²) in [5, 5.41) is 9.60. The average molecular weight is 154 g/mol. The van der Waals surface area contributed by atoms with E-state index in [1.54, 1.807) is 0 Å². The quantitative estimate of drug-likeness (QED) is 0.575. The lowest BCUT2D eigenvalue weighted by atomic mass is 9.77. The molecule has 0 aliphatic heterocycles. The van der Waals surface area contributed by atoms with Crippen molar-refractivity contribution >= 4 is 0 Å². The Balaban J connectivity index is 2.54. The van der Waals surface area contributed by atoms with Crippen molar-refractivity contribution in [2.45, 2.75) is 39.2 Å². The first kappa shape index (κ1) is 8.79. The fraction of sp³-hybridized carbons (Fsp3) is 0.800. The van der Waals surface area contributed by atoms with Gasteiger partial charge in [0.1, 0.15) is 0 Å². The Labute approximate surface area is 69.1 Å². The van der Waals surface area contributed by atoms with Crippen molar-refractivity contribution in [1.82, 2.24) is 0 Å². The second-order valence-electron chi connectivity index (χ2n) is 3.94. The maximum atomic E-state index is 9.60. The molecular formula is C10H18O. The second-order valence-corrected chi connectivity index (χ2v) is 3.94. The van der Waals surface area contributed by atoms with Gasteiger partial charge >= 0.3 is 0 Å². The zero-order chi connectivity index (χ0) is 8.43. The van der Waals surface area contributed by atoms with E-state index in [0.717, 1.165) is 24.3 Å². The van der Waals surface area contributed by atoms with Crippen molar-refractivity contribution in [3.8, 4) is 0 Å². The summed E-state index contributed by atoms with van der Waals surface area (Å²) in [6, 6.07) is 0. The SMILES string of the molecule is C=C(C)[C@H]1C[C@H](C)CC[C@@H]1O. The van der Waals surface area contributed by atoms with Crippen LogP contribution in [-0.2, 0) is 0 Å². The molecule has 1 aliphatic rings. The molecule has 1 heteroatoms. The van der Waals surface area contributed by atoms with E-state index in [-0.39, 0.29) is 6.10 Å². The Kier molecular flexibility index (Phi) is 2.72. The van der Waals surface area contributed by atoms with Crippen molar-refractivity contribution in [2.24, 2.45) is 11.8 Å². The van der Waals surface area contributed by atoms with E-state index in [4.69, 9.17) is 0 Å². The summed E-state index contributed by atoms with van der Waals surface area (Å²) >= 11 is 0. The first-order chi connectivity index (χ1) is 5.11. The normalized spacial score (nSPS) is 38.6. The summed E-state index contributed by atoms with van der Waals surface area (Å²) in [5.74, 6) is 1.12. The van der Waals surface area contributed by atoms with Crippen LogP contribution in [0.1, 0.15) is 33.1 Å². The fourth-order valence-electron chi connectivity index (χ4n) is 1.89. The van der Waals surface area contributed by atoms with Gasteiger partial charge in [-0.1, -0.05) is 19.1 Å². The third-order valence-corrected chi connectivity index (χ3v) is 2.71. The Morgan fingerprint density at radius 2 is 2.09 bits per heavy atom. The molecule has 1 aliphatic carbocycles. The van der Waals surface area contributed by atoms with Gasteiger partial charge in [-0.2, -0.15) is 0 Å². The third kappa shape index (κ3) is 2.06. The predicted octanol–water partition coefficient (Wildman–Crippen LogP) is 2.36. The lowest BCUT2D eigenvalue weighted by Crippen LogP contribution is -2.28. The first-order valence-corrected chi connectivity index (χ1v) is 4.44. The second kappa shape index (κ2) is 3.40. The zero-order valence-electron chi connectivity index (χ0n) is 7.51. The van der Waals surface area contributed by atoms with Crippen LogP contribution >= 0.6 is 0 Å². The van der Waals surface area contributed by atoms with Crippen molar-refractivity contribution in [3.05, 3.63) is 12.2 Å². The molecule has 1 fully saturated rings. The molecular weight excluding hydrogens is 136 g/mol. The lowest BCUT2D eigenvalue weighted by Gasteiger charge is -2.31. The van der Waals surface area contributed by atoms with Gasteiger partial charge in [0, 0.05) is 5.92 Å². The number of rotatable bonds is 1. The van der Waals surface area contributed by atoms with Crippen LogP contribution < -0.4 is 0 Å².